The first kappa shape index (κ1) is 13.6. The van der Waals surface area contributed by atoms with E-state index in [-0.39, 0.29) is 5.82 Å². The first-order valence-corrected chi connectivity index (χ1v) is 6.34. The normalized spacial score (nSPS) is 12.2. The number of halogens is 1. The van der Waals surface area contributed by atoms with E-state index in [1.165, 1.54) is 12.1 Å². The van der Waals surface area contributed by atoms with Crippen LogP contribution in [0.3, 0.4) is 0 Å². The molecule has 0 radical (unpaired) electrons. The first-order chi connectivity index (χ1) is 9.19. The summed E-state index contributed by atoms with van der Waals surface area (Å²) in [5.74, 6) is 0.527. The Hall–Kier alpha value is -1.87. The van der Waals surface area contributed by atoms with Crippen LogP contribution in [0, 0.1) is 5.82 Å². The number of hydrogen-bond acceptors (Lipinski definition) is 2. The number of aliphatic hydroxyl groups excluding tert-OH is 1. The van der Waals surface area contributed by atoms with E-state index in [2.05, 4.69) is 0 Å². The summed E-state index contributed by atoms with van der Waals surface area (Å²) < 4.78 is 18.1. The van der Waals surface area contributed by atoms with Crippen LogP contribution in [-0.2, 0) is 6.42 Å². The van der Waals surface area contributed by atoms with Crippen LogP contribution >= 0.6 is 0 Å². The molecule has 100 valence electrons. The Kier molecular flexibility index (Phi) is 4.53. The molecule has 1 N–H and O–H groups in total. The summed E-state index contributed by atoms with van der Waals surface area (Å²) in [7, 11) is 0. The van der Waals surface area contributed by atoms with Crippen molar-refractivity contribution in [3.63, 3.8) is 0 Å². The van der Waals surface area contributed by atoms with E-state index in [0.717, 1.165) is 16.9 Å². The Balaban J connectivity index is 2.02. The van der Waals surface area contributed by atoms with E-state index >= 15 is 0 Å². The highest BCUT2D eigenvalue weighted by molar-refractivity contribution is 5.29. The summed E-state index contributed by atoms with van der Waals surface area (Å²) in [4.78, 5) is 0. The van der Waals surface area contributed by atoms with Gasteiger partial charge in [-0.05, 0) is 42.3 Å². The van der Waals surface area contributed by atoms with Crippen molar-refractivity contribution in [1.82, 2.24) is 0 Å². The van der Waals surface area contributed by atoms with Gasteiger partial charge in [-0.2, -0.15) is 0 Å². The highest BCUT2D eigenvalue weighted by Crippen LogP contribution is 2.21. The molecule has 0 spiro atoms. The maximum atomic E-state index is 12.8. The van der Waals surface area contributed by atoms with Crippen LogP contribution < -0.4 is 4.74 Å². The summed E-state index contributed by atoms with van der Waals surface area (Å²) in [6.07, 6.45) is -0.130. The summed E-state index contributed by atoms with van der Waals surface area (Å²) in [6, 6.07) is 13.6. The molecule has 2 aromatic rings. The average Bonchev–Trinajstić information content (AvgIpc) is 2.42. The molecule has 2 rings (SSSR count). The van der Waals surface area contributed by atoms with Crippen molar-refractivity contribution in [2.45, 2.75) is 19.4 Å². The van der Waals surface area contributed by atoms with Gasteiger partial charge in [0, 0.05) is 6.42 Å². The fraction of sp³-hybridized carbons (Fsp3) is 0.250. The van der Waals surface area contributed by atoms with Gasteiger partial charge in [-0.15, -0.1) is 0 Å². The topological polar surface area (TPSA) is 29.5 Å². The lowest BCUT2D eigenvalue weighted by atomic mass is 10.0. The van der Waals surface area contributed by atoms with Crippen molar-refractivity contribution in [1.29, 1.82) is 0 Å². The molecule has 0 amide bonds. The fourth-order valence-electron chi connectivity index (χ4n) is 1.91. The second kappa shape index (κ2) is 6.34. The van der Waals surface area contributed by atoms with Crippen molar-refractivity contribution < 1.29 is 14.2 Å². The molecule has 0 aliphatic carbocycles. The van der Waals surface area contributed by atoms with Crippen LogP contribution in [-0.4, -0.2) is 11.7 Å². The van der Waals surface area contributed by atoms with Crippen LogP contribution in [0.15, 0.2) is 48.5 Å². The predicted molar refractivity (Wildman–Crippen MR) is 72.7 cm³/mol. The number of hydrogen-bond donors (Lipinski definition) is 1. The minimum absolute atomic E-state index is 0.265. The van der Waals surface area contributed by atoms with E-state index in [9.17, 15) is 9.50 Å². The Morgan fingerprint density at radius 3 is 2.26 bits per heavy atom. The van der Waals surface area contributed by atoms with Crippen molar-refractivity contribution in [2.75, 3.05) is 6.61 Å². The first-order valence-electron chi connectivity index (χ1n) is 6.34. The summed E-state index contributed by atoms with van der Waals surface area (Å²) >= 11 is 0. The van der Waals surface area contributed by atoms with Gasteiger partial charge >= 0.3 is 0 Å². The average molecular weight is 260 g/mol. The van der Waals surface area contributed by atoms with Crippen LogP contribution in [0.1, 0.15) is 24.2 Å². The van der Waals surface area contributed by atoms with E-state index in [1.54, 1.807) is 12.1 Å². The predicted octanol–water partition coefficient (Wildman–Crippen LogP) is 3.50. The zero-order valence-corrected chi connectivity index (χ0v) is 10.8. The second-order valence-corrected chi connectivity index (χ2v) is 4.35. The van der Waals surface area contributed by atoms with Gasteiger partial charge in [-0.1, -0.05) is 24.3 Å². The van der Waals surface area contributed by atoms with E-state index in [1.807, 2.05) is 31.2 Å². The van der Waals surface area contributed by atoms with Gasteiger partial charge < -0.3 is 9.84 Å². The molecule has 0 fully saturated rings. The van der Waals surface area contributed by atoms with Gasteiger partial charge in [0.2, 0.25) is 0 Å². The Bertz CT molecular complexity index is 505. The van der Waals surface area contributed by atoms with Crippen molar-refractivity contribution >= 4 is 0 Å². The molecule has 19 heavy (non-hydrogen) atoms. The molecule has 2 nitrogen and oxygen atoms in total. The molecule has 0 aliphatic rings. The van der Waals surface area contributed by atoms with Gasteiger partial charge in [-0.25, -0.2) is 4.39 Å². The monoisotopic (exact) mass is 260 g/mol. The van der Waals surface area contributed by atoms with Crippen molar-refractivity contribution in [3.8, 4) is 5.75 Å². The summed E-state index contributed by atoms with van der Waals surface area (Å²) in [6.45, 7) is 2.55. The molecule has 0 saturated heterocycles. The van der Waals surface area contributed by atoms with Gasteiger partial charge in [0.1, 0.15) is 11.6 Å². The SMILES string of the molecule is CCOc1ccc(C(O)Cc2ccc(F)cc2)cc1. The van der Waals surface area contributed by atoms with Crippen LogP contribution in [0.25, 0.3) is 0 Å². The second-order valence-electron chi connectivity index (χ2n) is 4.35. The summed E-state index contributed by atoms with van der Waals surface area (Å²) in [5, 5.41) is 10.1. The highest BCUT2D eigenvalue weighted by Gasteiger charge is 2.08. The molecule has 1 atom stereocenters. The Morgan fingerprint density at radius 1 is 1.05 bits per heavy atom. The molecular formula is C16H17FO2. The van der Waals surface area contributed by atoms with Gasteiger partial charge in [0.05, 0.1) is 12.7 Å². The van der Waals surface area contributed by atoms with Crippen molar-refractivity contribution in [3.05, 3.63) is 65.5 Å². The molecule has 3 heteroatoms. The molecular weight excluding hydrogens is 243 g/mol. The third-order valence-electron chi connectivity index (χ3n) is 2.92. The largest absolute Gasteiger partial charge is 0.494 e. The molecule has 2 aromatic carbocycles. The fourth-order valence-corrected chi connectivity index (χ4v) is 1.91. The third kappa shape index (κ3) is 3.80. The maximum absolute atomic E-state index is 12.8. The lowest BCUT2D eigenvalue weighted by Gasteiger charge is -2.12. The minimum atomic E-state index is -0.596. The summed E-state index contributed by atoms with van der Waals surface area (Å²) in [5.41, 5.74) is 1.73. The quantitative estimate of drug-likeness (QED) is 0.891. The number of aliphatic hydroxyl groups is 1. The van der Waals surface area contributed by atoms with Gasteiger partial charge in [0.15, 0.2) is 0 Å². The molecule has 0 heterocycles. The lowest BCUT2D eigenvalue weighted by Crippen LogP contribution is -2.02. The molecule has 0 saturated carbocycles. The lowest BCUT2D eigenvalue weighted by molar-refractivity contribution is 0.178. The Morgan fingerprint density at radius 2 is 1.68 bits per heavy atom. The number of rotatable bonds is 5. The van der Waals surface area contributed by atoms with E-state index in [0.29, 0.717) is 13.0 Å². The van der Waals surface area contributed by atoms with Crippen LogP contribution in [0.5, 0.6) is 5.75 Å². The van der Waals surface area contributed by atoms with Crippen molar-refractivity contribution in [2.24, 2.45) is 0 Å². The zero-order valence-electron chi connectivity index (χ0n) is 10.8. The zero-order chi connectivity index (χ0) is 13.7. The standard InChI is InChI=1S/C16H17FO2/c1-2-19-15-9-5-13(6-10-15)16(18)11-12-3-7-14(17)8-4-12/h3-10,16,18H,2,11H2,1H3. The molecule has 0 bridgehead atoms. The number of ether oxygens (including phenoxy) is 1. The van der Waals surface area contributed by atoms with E-state index < -0.39 is 6.10 Å². The minimum Gasteiger partial charge on any atom is -0.494 e. The Labute approximate surface area is 112 Å². The van der Waals surface area contributed by atoms with Crippen LogP contribution in [0.2, 0.25) is 0 Å². The molecule has 0 aromatic heterocycles. The van der Waals surface area contributed by atoms with Crippen LogP contribution in [0.4, 0.5) is 4.39 Å². The third-order valence-corrected chi connectivity index (χ3v) is 2.92. The maximum Gasteiger partial charge on any atom is 0.123 e. The van der Waals surface area contributed by atoms with E-state index in [4.69, 9.17) is 4.74 Å². The molecule has 0 aliphatic heterocycles. The van der Waals surface area contributed by atoms with Gasteiger partial charge in [-0.3, -0.25) is 0 Å². The smallest absolute Gasteiger partial charge is 0.123 e. The number of benzene rings is 2. The van der Waals surface area contributed by atoms with Gasteiger partial charge in [0.25, 0.3) is 0 Å². The highest BCUT2D eigenvalue weighted by atomic mass is 19.1. The molecule has 1 unspecified atom stereocenters.